The number of amides is 2. The molecular weight excluding hydrogens is 568 g/mol. The lowest BCUT2D eigenvalue weighted by Gasteiger charge is -2.29. The van der Waals surface area contributed by atoms with Crippen LogP contribution in [-0.2, 0) is 16.2 Å². The minimum Gasteiger partial charge on any atom is -0.488 e. The number of nitrogens with one attached hydrogen (secondary N) is 1. The highest BCUT2D eigenvalue weighted by Crippen LogP contribution is 2.27. The van der Waals surface area contributed by atoms with E-state index in [1.807, 2.05) is 12.1 Å². The molecular formula is C25H15FIN3O3S. The summed E-state index contributed by atoms with van der Waals surface area (Å²) in [7, 11) is 0. The summed E-state index contributed by atoms with van der Waals surface area (Å²) < 4.78 is 20.9. The lowest BCUT2D eigenvalue weighted by molar-refractivity contribution is -0.122. The molecule has 6 nitrogen and oxygen atoms in total. The third-order valence-corrected chi connectivity index (χ3v) is 6.11. The number of benzene rings is 3. The van der Waals surface area contributed by atoms with Crippen molar-refractivity contribution in [2.75, 3.05) is 4.90 Å². The number of carbonyl (C=O) groups excluding carboxylic acids is 2. The zero-order chi connectivity index (χ0) is 24.2. The van der Waals surface area contributed by atoms with E-state index in [2.05, 4.69) is 34.0 Å². The van der Waals surface area contributed by atoms with Crippen LogP contribution in [0.2, 0.25) is 0 Å². The molecule has 0 atom stereocenters. The first-order valence-corrected chi connectivity index (χ1v) is 11.4. The van der Waals surface area contributed by atoms with Gasteiger partial charge in [-0.05, 0) is 76.8 Å². The molecule has 0 spiro atoms. The first kappa shape index (κ1) is 23.5. The summed E-state index contributed by atoms with van der Waals surface area (Å²) in [4.78, 5) is 26.5. The highest BCUT2D eigenvalue weighted by atomic mass is 127. The van der Waals surface area contributed by atoms with Crippen LogP contribution in [0, 0.1) is 20.7 Å². The Balaban J connectivity index is 1.58. The summed E-state index contributed by atoms with van der Waals surface area (Å²) >= 11 is 7.19. The van der Waals surface area contributed by atoms with E-state index in [0.29, 0.717) is 16.9 Å². The molecule has 4 rings (SSSR count). The van der Waals surface area contributed by atoms with Crippen LogP contribution in [0.4, 0.5) is 10.1 Å². The third-order valence-electron chi connectivity index (χ3n) is 4.98. The molecule has 2 amide bonds. The first-order valence-electron chi connectivity index (χ1n) is 9.95. The number of nitrogens with zero attached hydrogens (tertiary/aromatic N) is 2. The smallest absolute Gasteiger partial charge is 0.270 e. The van der Waals surface area contributed by atoms with Crippen molar-refractivity contribution >= 4 is 63.5 Å². The lowest BCUT2D eigenvalue weighted by atomic mass is 10.1. The van der Waals surface area contributed by atoms with Crippen molar-refractivity contribution in [3.63, 3.8) is 0 Å². The molecule has 0 radical (unpaired) electrons. The van der Waals surface area contributed by atoms with Crippen LogP contribution in [0.5, 0.6) is 5.75 Å². The maximum Gasteiger partial charge on any atom is 0.270 e. The number of rotatable bonds is 5. The molecule has 1 saturated heterocycles. The van der Waals surface area contributed by atoms with Crippen molar-refractivity contribution < 1.29 is 18.7 Å². The molecule has 0 unspecified atom stereocenters. The molecule has 0 saturated carbocycles. The third kappa shape index (κ3) is 4.83. The highest BCUT2D eigenvalue weighted by Gasteiger charge is 2.35. The summed E-state index contributed by atoms with van der Waals surface area (Å²) in [6.07, 6.45) is 1.42. The van der Waals surface area contributed by atoms with E-state index in [1.165, 1.54) is 24.3 Å². The van der Waals surface area contributed by atoms with Crippen molar-refractivity contribution in [1.29, 1.82) is 5.26 Å². The number of hydrogen-bond donors (Lipinski definition) is 1. The zero-order valence-electron chi connectivity index (χ0n) is 17.4. The molecule has 3 aromatic carbocycles. The van der Waals surface area contributed by atoms with Gasteiger partial charge in [0.05, 0.1) is 20.9 Å². The van der Waals surface area contributed by atoms with E-state index in [1.54, 1.807) is 36.4 Å². The molecule has 1 aliphatic heterocycles. The molecule has 1 aliphatic rings. The Morgan fingerprint density at radius 1 is 1.12 bits per heavy atom. The van der Waals surface area contributed by atoms with Crippen LogP contribution in [0.25, 0.3) is 6.08 Å². The van der Waals surface area contributed by atoms with Crippen molar-refractivity contribution in [2.24, 2.45) is 0 Å². The number of carbonyl (C=O) groups is 2. The van der Waals surface area contributed by atoms with Gasteiger partial charge in [0, 0.05) is 5.56 Å². The Morgan fingerprint density at radius 3 is 2.59 bits per heavy atom. The Kier molecular flexibility index (Phi) is 7.00. The van der Waals surface area contributed by atoms with Gasteiger partial charge >= 0.3 is 0 Å². The zero-order valence-corrected chi connectivity index (χ0v) is 20.4. The van der Waals surface area contributed by atoms with E-state index < -0.39 is 17.6 Å². The molecule has 3 aromatic rings. The van der Waals surface area contributed by atoms with E-state index in [-0.39, 0.29) is 23.0 Å². The number of hydrogen-bond acceptors (Lipinski definition) is 5. The number of thiocarbonyl (C=S) groups is 1. The van der Waals surface area contributed by atoms with Gasteiger partial charge < -0.3 is 4.74 Å². The van der Waals surface area contributed by atoms with Gasteiger partial charge in [0.1, 0.15) is 23.7 Å². The van der Waals surface area contributed by atoms with Crippen LogP contribution in [0.3, 0.4) is 0 Å². The van der Waals surface area contributed by atoms with Crippen molar-refractivity contribution in [2.45, 2.75) is 6.61 Å². The molecule has 168 valence electrons. The van der Waals surface area contributed by atoms with Crippen LogP contribution in [-0.4, -0.2) is 16.9 Å². The van der Waals surface area contributed by atoms with E-state index in [4.69, 9.17) is 17.0 Å². The van der Waals surface area contributed by atoms with Gasteiger partial charge in [-0.1, -0.05) is 36.4 Å². The largest absolute Gasteiger partial charge is 0.488 e. The molecule has 1 fully saturated rings. The first-order chi connectivity index (χ1) is 16.4. The number of nitriles is 1. The van der Waals surface area contributed by atoms with Gasteiger partial charge in [-0.15, -0.1) is 0 Å². The standard InChI is InChI=1S/C25H15FIN3O3S/c26-19-7-3-4-8-21(19)30-24(32)18(23(31)29-25(30)34)11-15-9-10-22(20(27)12-15)33-14-17-6-2-1-5-16(17)13-28/h1-12H,14H2,(H,29,31,34)/b18-11+. The van der Waals surface area contributed by atoms with Gasteiger partial charge in [0.25, 0.3) is 11.8 Å². The summed E-state index contributed by atoms with van der Waals surface area (Å²) in [5.74, 6) is -1.43. The van der Waals surface area contributed by atoms with Gasteiger partial charge in [-0.3, -0.25) is 14.9 Å². The SMILES string of the molecule is N#Cc1ccccc1COc1ccc(/C=C2\C(=O)NC(=S)N(c3ccccc3F)C2=O)cc1I. The van der Waals surface area contributed by atoms with Gasteiger partial charge in [0.2, 0.25) is 0 Å². The molecule has 0 aliphatic carbocycles. The fourth-order valence-electron chi connectivity index (χ4n) is 3.31. The summed E-state index contributed by atoms with van der Waals surface area (Å²) in [5.41, 5.74) is 1.66. The maximum atomic E-state index is 14.3. The predicted molar refractivity (Wildman–Crippen MR) is 137 cm³/mol. The second-order valence-electron chi connectivity index (χ2n) is 7.16. The second-order valence-corrected chi connectivity index (χ2v) is 8.71. The van der Waals surface area contributed by atoms with Crippen LogP contribution in [0.15, 0.2) is 72.3 Å². The average Bonchev–Trinajstić information content (AvgIpc) is 2.82. The fraction of sp³-hybridized carbons (Fsp3) is 0.0400. The summed E-state index contributed by atoms with van der Waals surface area (Å²) in [6, 6.07) is 20.2. The van der Waals surface area contributed by atoms with Crippen LogP contribution in [0.1, 0.15) is 16.7 Å². The van der Waals surface area contributed by atoms with Crippen molar-refractivity contribution in [3.05, 3.63) is 98.4 Å². The monoisotopic (exact) mass is 583 g/mol. The van der Waals surface area contributed by atoms with Crippen molar-refractivity contribution in [1.82, 2.24) is 5.32 Å². The minimum absolute atomic E-state index is 0.0422. The normalized spacial score (nSPS) is 14.7. The molecule has 0 bridgehead atoms. The minimum atomic E-state index is -0.720. The number of para-hydroxylation sites is 1. The molecule has 1 N–H and O–H groups in total. The van der Waals surface area contributed by atoms with Crippen LogP contribution >= 0.6 is 34.8 Å². The Labute approximate surface area is 213 Å². The highest BCUT2D eigenvalue weighted by molar-refractivity contribution is 14.1. The number of halogens is 2. The topological polar surface area (TPSA) is 82.4 Å². The average molecular weight is 583 g/mol. The quantitative estimate of drug-likeness (QED) is 0.204. The lowest BCUT2D eigenvalue weighted by Crippen LogP contribution is -2.54. The fourth-order valence-corrected chi connectivity index (χ4v) is 4.28. The number of ether oxygens (including phenoxy) is 1. The predicted octanol–water partition coefficient (Wildman–Crippen LogP) is 4.71. The Hall–Kier alpha value is -3.62. The summed E-state index contributed by atoms with van der Waals surface area (Å²) in [5, 5.41) is 11.5. The van der Waals surface area contributed by atoms with E-state index in [0.717, 1.165) is 14.0 Å². The molecule has 1 heterocycles. The summed E-state index contributed by atoms with van der Waals surface area (Å²) in [6.45, 7) is 0.218. The van der Waals surface area contributed by atoms with E-state index in [9.17, 15) is 19.2 Å². The van der Waals surface area contributed by atoms with Gasteiger partial charge in [0.15, 0.2) is 5.11 Å². The Morgan fingerprint density at radius 2 is 1.85 bits per heavy atom. The molecule has 34 heavy (non-hydrogen) atoms. The number of anilines is 1. The van der Waals surface area contributed by atoms with E-state index >= 15 is 0 Å². The van der Waals surface area contributed by atoms with Gasteiger partial charge in [-0.25, -0.2) is 9.29 Å². The van der Waals surface area contributed by atoms with Crippen molar-refractivity contribution in [3.8, 4) is 11.8 Å². The van der Waals surface area contributed by atoms with Crippen LogP contribution < -0.4 is 15.0 Å². The second kappa shape index (κ2) is 10.1. The van der Waals surface area contributed by atoms with Gasteiger partial charge in [-0.2, -0.15) is 5.26 Å². The molecule has 0 aromatic heterocycles. The molecule has 9 heteroatoms. The Bertz CT molecular complexity index is 1400. The maximum absolute atomic E-state index is 14.3.